The number of thioether (sulfide) groups is 1. The molecule has 3 heteroatoms. The lowest BCUT2D eigenvalue weighted by atomic mass is 10.3. The summed E-state index contributed by atoms with van der Waals surface area (Å²) >= 11 is 3.54. The second kappa shape index (κ2) is 5.79. The molecule has 1 rings (SSSR count). The molecule has 0 saturated carbocycles. The van der Waals surface area contributed by atoms with E-state index in [1.165, 1.54) is 11.3 Å². The van der Waals surface area contributed by atoms with E-state index < -0.39 is 0 Å². The summed E-state index contributed by atoms with van der Waals surface area (Å²) in [7, 11) is 0. The van der Waals surface area contributed by atoms with Crippen LogP contribution < -0.4 is 0 Å². The summed E-state index contributed by atoms with van der Waals surface area (Å²) in [6.07, 6.45) is 0.883. The number of aliphatic hydroxyl groups excluding tert-OH is 1. The van der Waals surface area contributed by atoms with Gasteiger partial charge in [-0.25, -0.2) is 0 Å². The molecule has 2 atom stereocenters. The minimum Gasteiger partial charge on any atom is -0.387 e. The zero-order valence-electron chi connectivity index (χ0n) is 8.99. The number of hydrogen-bond donors (Lipinski definition) is 1. The number of hydrogen-bond acceptors (Lipinski definition) is 3. The highest BCUT2D eigenvalue weighted by atomic mass is 32.2. The highest BCUT2D eigenvalue weighted by Crippen LogP contribution is 2.27. The van der Waals surface area contributed by atoms with Crippen molar-refractivity contribution in [3.8, 4) is 0 Å². The fourth-order valence-electron chi connectivity index (χ4n) is 1.09. The summed E-state index contributed by atoms with van der Waals surface area (Å²) in [5, 5.41) is 10.5. The third-order valence-corrected chi connectivity index (χ3v) is 4.72. The first-order valence-corrected chi connectivity index (χ1v) is 6.86. The molecule has 14 heavy (non-hydrogen) atoms. The van der Waals surface area contributed by atoms with Gasteiger partial charge in [-0.3, -0.25) is 0 Å². The van der Waals surface area contributed by atoms with E-state index in [1.807, 2.05) is 17.8 Å². The molecule has 0 amide bonds. The van der Waals surface area contributed by atoms with Gasteiger partial charge in [0.2, 0.25) is 0 Å². The second-order valence-electron chi connectivity index (χ2n) is 3.52. The van der Waals surface area contributed by atoms with E-state index in [0.717, 1.165) is 10.6 Å². The van der Waals surface area contributed by atoms with Crippen molar-refractivity contribution in [2.24, 2.45) is 0 Å². The van der Waals surface area contributed by atoms with Gasteiger partial charge in [-0.05, 0) is 25.5 Å². The van der Waals surface area contributed by atoms with Gasteiger partial charge >= 0.3 is 0 Å². The Morgan fingerprint density at radius 3 is 2.71 bits per heavy atom. The Morgan fingerprint density at radius 1 is 1.50 bits per heavy atom. The highest BCUT2D eigenvalue weighted by molar-refractivity contribution is 7.99. The van der Waals surface area contributed by atoms with Crippen LogP contribution in [0.4, 0.5) is 0 Å². The largest absolute Gasteiger partial charge is 0.387 e. The van der Waals surface area contributed by atoms with Crippen LogP contribution in [-0.2, 0) is 0 Å². The van der Waals surface area contributed by atoms with Gasteiger partial charge in [-0.1, -0.05) is 13.8 Å². The lowest BCUT2D eigenvalue weighted by Crippen LogP contribution is -2.02. The van der Waals surface area contributed by atoms with E-state index >= 15 is 0 Å². The van der Waals surface area contributed by atoms with Gasteiger partial charge in [-0.2, -0.15) is 11.8 Å². The van der Waals surface area contributed by atoms with Crippen molar-refractivity contribution >= 4 is 23.1 Å². The van der Waals surface area contributed by atoms with E-state index in [-0.39, 0.29) is 6.10 Å². The summed E-state index contributed by atoms with van der Waals surface area (Å²) in [5.74, 6) is 0.814. The number of thiophene rings is 1. The second-order valence-corrected chi connectivity index (χ2v) is 6.31. The molecule has 1 aromatic rings. The van der Waals surface area contributed by atoms with Gasteiger partial charge in [0.25, 0.3) is 0 Å². The molecule has 0 fully saturated rings. The monoisotopic (exact) mass is 230 g/mol. The van der Waals surface area contributed by atoms with Crippen LogP contribution >= 0.6 is 23.1 Å². The van der Waals surface area contributed by atoms with Crippen molar-refractivity contribution in [1.29, 1.82) is 0 Å². The van der Waals surface area contributed by atoms with Crippen LogP contribution in [0.25, 0.3) is 0 Å². The van der Waals surface area contributed by atoms with Crippen LogP contribution in [0.15, 0.2) is 12.1 Å². The summed E-state index contributed by atoms with van der Waals surface area (Å²) < 4.78 is 0. The fourth-order valence-corrected chi connectivity index (χ4v) is 2.98. The zero-order valence-corrected chi connectivity index (χ0v) is 10.6. The molecule has 0 spiro atoms. The van der Waals surface area contributed by atoms with Crippen LogP contribution in [0.5, 0.6) is 0 Å². The molecule has 0 aliphatic rings. The average Bonchev–Trinajstić information content (AvgIpc) is 2.60. The summed E-state index contributed by atoms with van der Waals surface area (Å²) in [4.78, 5) is 2.37. The van der Waals surface area contributed by atoms with Gasteiger partial charge in [-0.15, -0.1) is 11.3 Å². The molecule has 0 aliphatic carbocycles. The standard InChI is InChI=1S/C11H18OS2/c1-4-8(2)13-7-10(12)11-6-5-9(3)14-11/h5-6,8,10,12H,4,7H2,1-3H3. The predicted molar refractivity (Wildman–Crippen MR) is 66.2 cm³/mol. The zero-order chi connectivity index (χ0) is 10.6. The normalized spacial score (nSPS) is 15.4. The highest BCUT2D eigenvalue weighted by Gasteiger charge is 2.11. The molecule has 1 aromatic heterocycles. The third kappa shape index (κ3) is 3.64. The molecule has 0 radical (unpaired) electrons. The molecule has 1 heterocycles. The predicted octanol–water partition coefficient (Wildman–Crippen LogP) is 3.62. The molecule has 1 nitrogen and oxygen atoms in total. The van der Waals surface area contributed by atoms with Crippen molar-refractivity contribution in [3.05, 3.63) is 21.9 Å². The number of aliphatic hydroxyl groups is 1. The molecular formula is C11H18OS2. The Balaban J connectivity index is 2.39. The maximum Gasteiger partial charge on any atom is 0.0972 e. The Labute approximate surface area is 94.5 Å². The van der Waals surface area contributed by atoms with Crippen molar-refractivity contribution < 1.29 is 5.11 Å². The lowest BCUT2D eigenvalue weighted by molar-refractivity contribution is 0.208. The average molecular weight is 230 g/mol. The fraction of sp³-hybridized carbons (Fsp3) is 0.636. The van der Waals surface area contributed by atoms with E-state index in [1.54, 1.807) is 11.3 Å². The van der Waals surface area contributed by atoms with E-state index in [0.29, 0.717) is 5.25 Å². The van der Waals surface area contributed by atoms with Crippen molar-refractivity contribution in [3.63, 3.8) is 0 Å². The van der Waals surface area contributed by atoms with Crippen molar-refractivity contribution in [2.45, 2.75) is 38.5 Å². The molecule has 0 aromatic carbocycles. The minimum atomic E-state index is -0.285. The minimum absolute atomic E-state index is 0.285. The van der Waals surface area contributed by atoms with Crippen molar-refractivity contribution in [1.82, 2.24) is 0 Å². The van der Waals surface area contributed by atoms with Gasteiger partial charge < -0.3 is 5.11 Å². The Bertz CT molecular complexity index is 270. The van der Waals surface area contributed by atoms with Crippen LogP contribution in [-0.4, -0.2) is 16.1 Å². The topological polar surface area (TPSA) is 20.2 Å². The van der Waals surface area contributed by atoms with Crippen LogP contribution in [0, 0.1) is 6.92 Å². The maximum absolute atomic E-state index is 9.87. The number of aryl methyl sites for hydroxylation is 1. The molecular weight excluding hydrogens is 212 g/mol. The first-order valence-electron chi connectivity index (χ1n) is 4.99. The lowest BCUT2D eigenvalue weighted by Gasteiger charge is -2.11. The Hall–Kier alpha value is 0.01000. The summed E-state index contributed by atoms with van der Waals surface area (Å²) in [6, 6.07) is 4.10. The first-order chi connectivity index (χ1) is 6.63. The Morgan fingerprint density at radius 2 is 2.21 bits per heavy atom. The SMILES string of the molecule is CCC(C)SCC(O)c1ccc(C)s1. The molecule has 80 valence electrons. The quantitative estimate of drug-likeness (QED) is 0.833. The van der Waals surface area contributed by atoms with Gasteiger partial charge in [0.05, 0.1) is 6.10 Å². The Kier molecular flexibility index (Phi) is 4.99. The molecule has 1 N–H and O–H groups in total. The molecule has 0 saturated heterocycles. The van der Waals surface area contributed by atoms with Crippen LogP contribution in [0.1, 0.15) is 36.1 Å². The smallest absolute Gasteiger partial charge is 0.0972 e. The van der Waals surface area contributed by atoms with Gasteiger partial charge in [0.15, 0.2) is 0 Å². The van der Waals surface area contributed by atoms with Crippen molar-refractivity contribution in [2.75, 3.05) is 5.75 Å². The molecule has 2 unspecified atom stereocenters. The summed E-state index contributed by atoms with van der Waals surface area (Å²) in [5.41, 5.74) is 0. The maximum atomic E-state index is 9.87. The van der Waals surface area contributed by atoms with E-state index in [9.17, 15) is 5.11 Å². The van der Waals surface area contributed by atoms with Gasteiger partial charge in [0, 0.05) is 20.8 Å². The summed E-state index contributed by atoms with van der Waals surface area (Å²) in [6.45, 7) is 6.46. The van der Waals surface area contributed by atoms with E-state index in [2.05, 4.69) is 26.8 Å². The van der Waals surface area contributed by atoms with E-state index in [4.69, 9.17) is 0 Å². The van der Waals surface area contributed by atoms with Crippen LogP contribution in [0.3, 0.4) is 0 Å². The number of rotatable bonds is 5. The van der Waals surface area contributed by atoms with Crippen LogP contribution in [0.2, 0.25) is 0 Å². The molecule has 0 bridgehead atoms. The third-order valence-electron chi connectivity index (χ3n) is 2.20. The van der Waals surface area contributed by atoms with Gasteiger partial charge in [0.1, 0.15) is 0 Å². The first kappa shape index (κ1) is 12.1. The molecule has 0 aliphatic heterocycles.